The molecule has 1 unspecified atom stereocenters. The summed E-state index contributed by atoms with van der Waals surface area (Å²) in [6.45, 7) is 2.30. The zero-order valence-corrected chi connectivity index (χ0v) is 19.3. The van der Waals surface area contributed by atoms with Crippen molar-refractivity contribution in [2.24, 2.45) is 0 Å². The summed E-state index contributed by atoms with van der Waals surface area (Å²) in [6.07, 6.45) is 1.63. The number of rotatable bonds is 10. The monoisotopic (exact) mass is 461 g/mol. The van der Waals surface area contributed by atoms with E-state index in [1.165, 1.54) is 20.3 Å². The SMILES string of the molecule is CCOc1ccccc1NC(=O)C(OC(=O)/C=C/c1cccc(OC)c1OC)c1ccccc1. The molecule has 0 spiro atoms. The van der Waals surface area contributed by atoms with Crippen LogP contribution in [0.4, 0.5) is 5.69 Å². The molecule has 0 aromatic heterocycles. The second kappa shape index (κ2) is 12.1. The van der Waals surface area contributed by atoms with E-state index < -0.39 is 18.0 Å². The Morgan fingerprint density at radius 1 is 0.882 bits per heavy atom. The van der Waals surface area contributed by atoms with Crippen molar-refractivity contribution in [3.63, 3.8) is 0 Å². The second-order valence-corrected chi connectivity index (χ2v) is 7.06. The lowest BCUT2D eigenvalue weighted by Crippen LogP contribution is -2.25. The van der Waals surface area contributed by atoms with Crippen LogP contribution in [-0.4, -0.2) is 32.7 Å². The molecule has 3 rings (SSSR count). The second-order valence-electron chi connectivity index (χ2n) is 7.06. The molecule has 3 aromatic rings. The number of benzene rings is 3. The topological polar surface area (TPSA) is 83.1 Å². The fourth-order valence-electron chi connectivity index (χ4n) is 3.31. The van der Waals surface area contributed by atoms with Crippen molar-refractivity contribution >= 4 is 23.6 Å². The molecule has 176 valence electrons. The number of esters is 1. The van der Waals surface area contributed by atoms with E-state index in [1.807, 2.05) is 19.1 Å². The molecule has 7 heteroatoms. The van der Waals surface area contributed by atoms with Gasteiger partial charge in [0.15, 0.2) is 11.5 Å². The van der Waals surface area contributed by atoms with E-state index in [2.05, 4.69) is 5.32 Å². The van der Waals surface area contributed by atoms with E-state index >= 15 is 0 Å². The number of carbonyl (C=O) groups is 2. The first kappa shape index (κ1) is 24.4. The highest BCUT2D eigenvalue weighted by Crippen LogP contribution is 2.32. The molecular formula is C27H27NO6. The lowest BCUT2D eigenvalue weighted by molar-refractivity contribution is -0.149. The summed E-state index contributed by atoms with van der Waals surface area (Å²) >= 11 is 0. The van der Waals surface area contributed by atoms with Gasteiger partial charge in [0.05, 0.1) is 26.5 Å². The molecule has 0 aliphatic carbocycles. The molecule has 0 aliphatic heterocycles. The van der Waals surface area contributed by atoms with Crippen LogP contribution in [0.5, 0.6) is 17.2 Å². The molecule has 0 saturated heterocycles. The predicted molar refractivity (Wildman–Crippen MR) is 130 cm³/mol. The largest absolute Gasteiger partial charge is 0.493 e. The summed E-state index contributed by atoms with van der Waals surface area (Å²) < 4.78 is 21.8. The predicted octanol–water partition coefficient (Wildman–Crippen LogP) is 5.04. The molecule has 0 heterocycles. The van der Waals surface area contributed by atoms with Crippen molar-refractivity contribution in [1.29, 1.82) is 0 Å². The van der Waals surface area contributed by atoms with Crippen molar-refractivity contribution in [2.75, 3.05) is 26.1 Å². The van der Waals surface area contributed by atoms with E-state index in [0.717, 1.165) is 0 Å². The lowest BCUT2D eigenvalue weighted by atomic mass is 10.1. The standard InChI is InChI=1S/C27H27NO6/c1-4-33-22-15-9-8-14-21(22)28-27(30)26(19-11-6-5-7-12-19)34-24(29)18-17-20-13-10-16-23(31-2)25(20)32-3/h5-18,26H,4H2,1-3H3,(H,28,30)/b18-17+. The molecule has 0 saturated carbocycles. The molecule has 3 aromatic carbocycles. The molecule has 0 radical (unpaired) electrons. The molecular weight excluding hydrogens is 434 g/mol. The fourth-order valence-corrected chi connectivity index (χ4v) is 3.31. The Bertz CT molecular complexity index is 1140. The quantitative estimate of drug-likeness (QED) is 0.336. The van der Waals surface area contributed by atoms with Gasteiger partial charge in [-0.25, -0.2) is 4.79 Å². The minimum Gasteiger partial charge on any atom is -0.493 e. The molecule has 7 nitrogen and oxygen atoms in total. The van der Waals surface area contributed by atoms with E-state index in [9.17, 15) is 9.59 Å². The zero-order chi connectivity index (χ0) is 24.3. The number of ether oxygens (including phenoxy) is 4. The van der Waals surface area contributed by atoms with Gasteiger partial charge in [0.1, 0.15) is 5.75 Å². The highest BCUT2D eigenvalue weighted by atomic mass is 16.5. The smallest absolute Gasteiger partial charge is 0.331 e. The number of hydrogen-bond acceptors (Lipinski definition) is 6. The van der Waals surface area contributed by atoms with Gasteiger partial charge in [0.25, 0.3) is 5.91 Å². The molecule has 1 N–H and O–H groups in total. The van der Waals surface area contributed by atoms with Crippen LogP contribution in [0.15, 0.2) is 78.9 Å². The summed E-state index contributed by atoms with van der Waals surface area (Å²) in [4.78, 5) is 25.9. The van der Waals surface area contributed by atoms with Gasteiger partial charge < -0.3 is 24.3 Å². The van der Waals surface area contributed by atoms with Crippen LogP contribution in [0.1, 0.15) is 24.2 Å². The fraction of sp³-hybridized carbons (Fsp3) is 0.185. The number of nitrogens with one attached hydrogen (secondary N) is 1. The van der Waals surface area contributed by atoms with E-state index in [1.54, 1.807) is 66.7 Å². The third-order valence-electron chi connectivity index (χ3n) is 4.85. The third-order valence-corrected chi connectivity index (χ3v) is 4.85. The molecule has 0 fully saturated rings. The maximum Gasteiger partial charge on any atom is 0.331 e. The Morgan fingerprint density at radius 2 is 1.59 bits per heavy atom. The van der Waals surface area contributed by atoms with Crippen LogP contribution >= 0.6 is 0 Å². The van der Waals surface area contributed by atoms with Gasteiger partial charge in [0.2, 0.25) is 6.10 Å². The van der Waals surface area contributed by atoms with Crippen LogP contribution in [0, 0.1) is 0 Å². The van der Waals surface area contributed by atoms with Gasteiger partial charge in [-0.3, -0.25) is 4.79 Å². The van der Waals surface area contributed by atoms with Gasteiger partial charge in [0, 0.05) is 17.2 Å². The van der Waals surface area contributed by atoms with Crippen molar-refractivity contribution < 1.29 is 28.5 Å². The summed E-state index contributed by atoms with van der Waals surface area (Å²) in [5.41, 5.74) is 1.66. The van der Waals surface area contributed by atoms with Crippen molar-refractivity contribution in [3.8, 4) is 17.2 Å². The van der Waals surface area contributed by atoms with Gasteiger partial charge in [-0.2, -0.15) is 0 Å². The highest BCUT2D eigenvalue weighted by molar-refractivity contribution is 5.98. The van der Waals surface area contributed by atoms with Crippen molar-refractivity contribution in [2.45, 2.75) is 13.0 Å². The third kappa shape index (κ3) is 6.16. The number of anilines is 1. The van der Waals surface area contributed by atoms with Gasteiger partial charge in [-0.1, -0.05) is 54.6 Å². The van der Waals surface area contributed by atoms with E-state index in [4.69, 9.17) is 18.9 Å². The Balaban J connectivity index is 1.82. The average Bonchev–Trinajstić information content (AvgIpc) is 2.87. The van der Waals surface area contributed by atoms with Crippen LogP contribution in [0.2, 0.25) is 0 Å². The maximum absolute atomic E-state index is 13.2. The first-order valence-corrected chi connectivity index (χ1v) is 10.7. The summed E-state index contributed by atoms with van der Waals surface area (Å²) in [6, 6.07) is 21.2. The molecule has 0 bridgehead atoms. The minimum absolute atomic E-state index is 0.447. The number of amides is 1. The maximum atomic E-state index is 13.2. The molecule has 34 heavy (non-hydrogen) atoms. The van der Waals surface area contributed by atoms with Gasteiger partial charge in [-0.15, -0.1) is 0 Å². The summed E-state index contributed by atoms with van der Waals surface area (Å²) in [7, 11) is 3.05. The summed E-state index contributed by atoms with van der Waals surface area (Å²) in [5.74, 6) is 0.360. The summed E-state index contributed by atoms with van der Waals surface area (Å²) in [5, 5.41) is 2.80. The average molecular weight is 462 g/mol. The molecule has 0 aliphatic rings. The normalized spacial score (nSPS) is 11.5. The molecule has 1 amide bonds. The van der Waals surface area contributed by atoms with Crippen LogP contribution in [0.3, 0.4) is 0 Å². The van der Waals surface area contributed by atoms with Gasteiger partial charge >= 0.3 is 5.97 Å². The Labute approximate surface area is 198 Å². The van der Waals surface area contributed by atoms with E-state index in [-0.39, 0.29) is 0 Å². The molecule has 1 atom stereocenters. The van der Waals surface area contributed by atoms with Crippen LogP contribution < -0.4 is 19.5 Å². The Kier molecular flexibility index (Phi) is 8.68. The minimum atomic E-state index is -1.17. The first-order chi connectivity index (χ1) is 16.6. The zero-order valence-electron chi connectivity index (χ0n) is 19.3. The Hall–Kier alpha value is -4.26. The lowest BCUT2D eigenvalue weighted by Gasteiger charge is -2.18. The van der Waals surface area contributed by atoms with Gasteiger partial charge in [-0.05, 0) is 31.2 Å². The number of para-hydroxylation sites is 3. The van der Waals surface area contributed by atoms with Crippen LogP contribution in [0.25, 0.3) is 6.08 Å². The number of methoxy groups -OCH3 is 2. The van der Waals surface area contributed by atoms with E-state index in [0.29, 0.717) is 40.7 Å². The number of carbonyl (C=O) groups excluding carboxylic acids is 2. The highest BCUT2D eigenvalue weighted by Gasteiger charge is 2.25. The van der Waals surface area contributed by atoms with Crippen molar-refractivity contribution in [3.05, 3.63) is 90.0 Å². The first-order valence-electron chi connectivity index (χ1n) is 10.7. The number of hydrogen-bond donors (Lipinski definition) is 1. The Morgan fingerprint density at radius 3 is 2.29 bits per heavy atom. The van der Waals surface area contributed by atoms with Crippen molar-refractivity contribution in [1.82, 2.24) is 0 Å². The van der Waals surface area contributed by atoms with Crippen LogP contribution in [-0.2, 0) is 14.3 Å².